The van der Waals surface area contributed by atoms with Crippen molar-refractivity contribution in [1.82, 2.24) is 30.3 Å². The number of guanidine groups is 1. The molecule has 1 aromatic rings. The van der Waals surface area contributed by atoms with Crippen molar-refractivity contribution in [2.24, 2.45) is 17.5 Å². The van der Waals surface area contributed by atoms with Gasteiger partial charge in [0, 0.05) is 46.9 Å². The lowest BCUT2D eigenvalue weighted by Crippen LogP contribution is -2.47. The number of nitrogens with one attached hydrogen (secondary N) is 2. The Kier molecular flexibility index (Phi) is 8.65. The minimum absolute atomic E-state index is 0.0430. The van der Waals surface area contributed by atoms with E-state index in [1.54, 1.807) is 7.11 Å². The van der Waals surface area contributed by atoms with Gasteiger partial charge in [-0.2, -0.15) is 0 Å². The molecule has 1 atom stereocenters. The van der Waals surface area contributed by atoms with E-state index in [1.807, 2.05) is 18.5 Å². The molecule has 1 aliphatic heterocycles. The molecule has 0 radical (unpaired) electrons. The van der Waals surface area contributed by atoms with Gasteiger partial charge in [0.1, 0.15) is 12.4 Å². The molecule has 1 aliphatic rings. The summed E-state index contributed by atoms with van der Waals surface area (Å²) >= 11 is 0. The van der Waals surface area contributed by atoms with Gasteiger partial charge < -0.3 is 24.7 Å². The Morgan fingerprint density at radius 1 is 1.25 bits per heavy atom. The second-order valence-electron chi connectivity index (χ2n) is 8.24. The molecule has 2 rings (SSSR count). The Morgan fingerprint density at radius 3 is 2.54 bits per heavy atom. The summed E-state index contributed by atoms with van der Waals surface area (Å²) in [5.41, 5.74) is 0.0430. The lowest BCUT2D eigenvalue weighted by molar-refractivity contribution is 0.0204. The molecule has 28 heavy (non-hydrogen) atoms. The molecule has 1 fully saturated rings. The molecule has 0 amide bonds. The Balaban J connectivity index is 1.95. The zero-order valence-corrected chi connectivity index (χ0v) is 18.3. The number of hydrogen-bond donors (Lipinski definition) is 2. The molecule has 2 heterocycles. The highest BCUT2D eigenvalue weighted by molar-refractivity contribution is 5.79. The standard InChI is InChI=1S/C19H37N7O2/c1-15-23-24-17(25(15)5)14-22-18(21-13-16(27-6)19(2,3)4)20-7-8-26-9-11-28-12-10-26/h16H,7-14H2,1-6H3,(H2,20,21,22). The van der Waals surface area contributed by atoms with E-state index >= 15 is 0 Å². The summed E-state index contributed by atoms with van der Waals surface area (Å²) in [6, 6.07) is 0. The number of aryl methyl sites for hydroxylation is 1. The Hall–Kier alpha value is -1.71. The Bertz CT molecular complexity index is 618. The van der Waals surface area contributed by atoms with E-state index in [1.165, 1.54) is 0 Å². The molecule has 1 aromatic heterocycles. The predicted molar refractivity (Wildman–Crippen MR) is 110 cm³/mol. The van der Waals surface area contributed by atoms with E-state index in [4.69, 9.17) is 14.5 Å². The van der Waals surface area contributed by atoms with Crippen LogP contribution >= 0.6 is 0 Å². The van der Waals surface area contributed by atoms with Crippen molar-refractivity contribution < 1.29 is 9.47 Å². The second kappa shape index (κ2) is 10.7. The van der Waals surface area contributed by atoms with Gasteiger partial charge in [-0.3, -0.25) is 4.90 Å². The molecule has 9 nitrogen and oxygen atoms in total. The van der Waals surface area contributed by atoms with Gasteiger partial charge in [-0.1, -0.05) is 20.8 Å². The second-order valence-corrected chi connectivity index (χ2v) is 8.24. The Labute approximate surface area is 168 Å². The van der Waals surface area contributed by atoms with Gasteiger partial charge in [-0.05, 0) is 12.3 Å². The summed E-state index contributed by atoms with van der Waals surface area (Å²) in [6.45, 7) is 15.0. The van der Waals surface area contributed by atoms with Crippen LogP contribution in [0.15, 0.2) is 4.99 Å². The van der Waals surface area contributed by atoms with Gasteiger partial charge in [-0.15, -0.1) is 10.2 Å². The summed E-state index contributed by atoms with van der Waals surface area (Å²) in [5, 5.41) is 15.2. The maximum absolute atomic E-state index is 5.66. The number of hydrogen-bond acceptors (Lipinski definition) is 6. The van der Waals surface area contributed by atoms with E-state index in [-0.39, 0.29) is 11.5 Å². The van der Waals surface area contributed by atoms with E-state index in [0.29, 0.717) is 13.1 Å². The van der Waals surface area contributed by atoms with Crippen LogP contribution in [0.25, 0.3) is 0 Å². The molecule has 9 heteroatoms. The average molecular weight is 396 g/mol. The quantitative estimate of drug-likeness (QED) is 0.491. The molecule has 0 bridgehead atoms. The van der Waals surface area contributed by atoms with Crippen molar-refractivity contribution in [2.45, 2.75) is 40.3 Å². The highest BCUT2D eigenvalue weighted by Gasteiger charge is 2.24. The van der Waals surface area contributed by atoms with Gasteiger partial charge in [0.2, 0.25) is 0 Å². The van der Waals surface area contributed by atoms with Gasteiger partial charge in [-0.25, -0.2) is 4.99 Å². The minimum Gasteiger partial charge on any atom is -0.379 e. The highest BCUT2D eigenvalue weighted by atomic mass is 16.5. The van der Waals surface area contributed by atoms with Crippen LogP contribution in [0.2, 0.25) is 0 Å². The molecule has 0 spiro atoms. The van der Waals surface area contributed by atoms with E-state index in [2.05, 4.69) is 46.5 Å². The summed E-state index contributed by atoms with van der Waals surface area (Å²) in [5.74, 6) is 2.48. The number of aromatic nitrogens is 3. The van der Waals surface area contributed by atoms with Crippen molar-refractivity contribution in [3.8, 4) is 0 Å². The van der Waals surface area contributed by atoms with Crippen LogP contribution in [-0.2, 0) is 23.1 Å². The number of rotatable bonds is 8. The molecule has 1 saturated heterocycles. The predicted octanol–water partition coefficient (Wildman–Crippen LogP) is 0.552. The van der Waals surface area contributed by atoms with Crippen molar-refractivity contribution >= 4 is 5.96 Å². The third kappa shape index (κ3) is 7.03. The number of aliphatic imine (C=N–C) groups is 1. The molecule has 160 valence electrons. The van der Waals surface area contributed by atoms with Crippen LogP contribution in [0, 0.1) is 12.3 Å². The molecule has 0 aliphatic carbocycles. The zero-order valence-electron chi connectivity index (χ0n) is 18.3. The third-order valence-corrected chi connectivity index (χ3v) is 5.09. The molecule has 0 saturated carbocycles. The van der Waals surface area contributed by atoms with E-state index in [0.717, 1.165) is 57.0 Å². The van der Waals surface area contributed by atoms with Gasteiger partial charge in [0.25, 0.3) is 0 Å². The highest BCUT2D eigenvalue weighted by Crippen LogP contribution is 2.20. The van der Waals surface area contributed by atoms with Crippen molar-refractivity contribution in [1.29, 1.82) is 0 Å². The van der Waals surface area contributed by atoms with Gasteiger partial charge in [0.15, 0.2) is 11.8 Å². The topological polar surface area (TPSA) is 88.8 Å². The number of methoxy groups -OCH3 is 1. The number of ether oxygens (including phenoxy) is 2. The first kappa shape index (κ1) is 22.6. The molecular formula is C19H37N7O2. The molecule has 2 N–H and O–H groups in total. The maximum atomic E-state index is 5.66. The smallest absolute Gasteiger partial charge is 0.191 e. The van der Waals surface area contributed by atoms with Crippen LogP contribution < -0.4 is 10.6 Å². The van der Waals surface area contributed by atoms with E-state index < -0.39 is 0 Å². The van der Waals surface area contributed by atoms with Crippen LogP contribution in [0.1, 0.15) is 32.4 Å². The molecule has 1 unspecified atom stereocenters. The first-order valence-corrected chi connectivity index (χ1v) is 10.0. The monoisotopic (exact) mass is 395 g/mol. The van der Waals surface area contributed by atoms with Crippen LogP contribution in [-0.4, -0.2) is 84.8 Å². The van der Waals surface area contributed by atoms with Gasteiger partial charge in [0.05, 0.1) is 19.3 Å². The number of nitrogens with zero attached hydrogens (tertiary/aromatic N) is 5. The minimum atomic E-state index is 0.0430. The maximum Gasteiger partial charge on any atom is 0.191 e. The van der Waals surface area contributed by atoms with Crippen LogP contribution in [0.4, 0.5) is 0 Å². The summed E-state index contributed by atoms with van der Waals surface area (Å²) in [6.07, 6.45) is 0.0795. The lowest BCUT2D eigenvalue weighted by atomic mass is 9.89. The molecular weight excluding hydrogens is 358 g/mol. The first-order chi connectivity index (χ1) is 13.3. The summed E-state index contributed by atoms with van der Waals surface area (Å²) < 4.78 is 13.0. The average Bonchev–Trinajstić information content (AvgIpc) is 2.97. The van der Waals surface area contributed by atoms with Crippen molar-refractivity contribution in [2.75, 3.05) is 53.0 Å². The van der Waals surface area contributed by atoms with Crippen molar-refractivity contribution in [3.63, 3.8) is 0 Å². The number of morpholine rings is 1. The fraction of sp³-hybridized carbons (Fsp3) is 0.842. The fourth-order valence-electron chi connectivity index (χ4n) is 3.00. The van der Waals surface area contributed by atoms with Crippen LogP contribution in [0.5, 0.6) is 0 Å². The normalized spacial score (nSPS) is 17.6. The summed E-state index contributed by atoms with van der Waals surface area (Å²) in [4.78, 5) is 7.11. The Morgan fingerprint density at radius 2 is 1.96 bits per heavy atom. The zero-order chi connectivity index (χ0) is 20.6. The molecule has 0 aromatic carbocycles. The lowest BCUT2D eigenvalue weighted by Gasteiger charge is -2.30. The van der Waals surface area contributed by atoms with Crippen LogP contribution in [0.3, 0.4) is 0 Å². The summed E-state index contributed by atoms with van der Waals surface area (Å²) in [7, 11) is 3.71. The largest absolute Gasteiger partial charge is 0.379 e. The van der Waals surface area contributed by atoms with E-state index in [9.17, 15) is 0 Å². The SMILES string of the molecule is COC(CNC(=NCc1nnc(C)n1C)NCCN1CCOCC1)C(C)(C)C. The van der Waals surface area contributed by atoms with Crippen molar-refractivity contribution in [3.05, 3.63) is 11.6 Å². The fourth-order valence-corrected chi connectivity index (χ4v) is 3.00. The van der Waals surface area contributed by atoms with Gasteiger partial charge >= 0.3 is 0 Å². The third-order valence-electron chi connectivity index (χ3n) is 5.09. The first-order valence-electron chi connectivity index (χ1n) is 10.0.